The molecule has 0 saturated carbocycles. The minimum atomic E-state index is -0.0842. The quantitative estimate of drug-likeness (QED) is 0.758. The third-order valence-electron chi connectivity index (χ3n) is 6.35. The molecule has 3 heteroatoms. The van der Waals surface area contributed by atoms with Crippen LogP contribution in [0.3, 0.4) is 0 Å². The normalized spacial score (nSPS) is 27.0. The summed E-state index contributed by atoms with van der Waals surface area (Å²) in [4.78, 5) is 5.02. The van der Waals surface area contributed by atoms with E-state index in [0.29, 0.717) is 0 Å². The fourth-order valence-electron chi connectivity index (χ4n) is 5.33. The van der Waals surface area contributed by atoms with Crippen LogP contribution in [-0.4, -0.2) is 37.0 Å². The van der Waals surface area contributed by atoms with Gasteiger partial charge in [0.25, 0.3) is 0 Å². The highest BCUT2D eigenvalue weighted by Gasteiger charge is 2.63. The maximum absolute atomic E-state index is 6.41. The fraction of sp³-hybridized carbons (Fsp3) is 0.455. The number of nitrogens with zero attached hydrogens (tertiary/aromatic N) is 2. The number of halogens is 1. The fourth-order valence-corrected chi connectivity index (χ4v) is 5.51. The Kier molecular flexibility index (Phi) is 3.99. The van der Waals surface area contributed by atoms with Gasteiger partial charge in [-0.15, -0.1) is 0 Å². The largest absolute Gasteiger partial charge is 0.309 e. The second kappa shape index (κ2) is 5.84. The van der Waals surface area contributed by atoms with Crippen LogP contribution in [0.15, 0.2) is 42.5 Å². The van der Waals surface area contributed by atoms with E-state index in [4.69, 9.17) is 11.6 Å². The highest BCUT2D eigenvalue weighted by molar-refractivity contribution is 6.30. The molecule has 0 spiro atoms. The van der Waals surface area contributed by atoms with Crippen molar-refractivity contribution in [2.24, 2.45) is 0 Å². The SMILES string of the molecule is CCC12c3ccccc3C(C)(c3cc(Cl)ccc31)N2CCCN(C)C. The van der Waals surface area contributed by atoms with E-state index in [0.717, 1.165) is 24.5 Å². The van der Waals surface area contributed by atoms with Gasteiger partial charge in [0.05, 0.1) is 11.1 Å². The summed E-state index contributed by atoms with van der Waals surface area (Å²) in [5, 5.41) is 0.838. The lowest BCUT2D eigenvalue weighted by Gasteiger charge is -2.39. The molecule has 4 rings (SSSR count). The molecule has 2 heterocycles. The topological polar surface area (TPSA) is 6.48 Å². The smallest absolute Gasteiger partial charge is 0.0729 e. The number of hydrogen-bond donors (Lipinski definition) is 0. The van der Waals surface area contributed by atoms with Crippen LogP contribution in [0.25, 0.3) is 0 Å². The van der Waals surface area contributed by atoms with Crippen LogP contribution in [-0.2, 0) is 11.1 Å². The molecule has 0 radical (unpaired) electrons. The third kappa shape index (κ3) is 2.11. The molecule has 0 aromatic heterocycles. The van der Waals surface area contributed by atoms with Crippen molar-refractivity contribution >= 4 is 11.6 Å². The zero-order chi connectivity index (χ0) is 17.8. The van der Waals surface area contributed by atoms with Crippen LogP contribution in [0.2, 0.25) is 5.02 Å². The summed E-state index contributed by atoms with van der Waals surface area (Å²) in [6.45, 7) is 6.91. The van der Waals surface area contributed by atoms with Crippen LogP contribution in [0, 0.1) is 0 Å². The second-order valence-corrected chi connectivity index (χ2v) is 8.27. The van der Waals surface area contributed by atoms with E-state index in [2.05, 4.69) is 80.2 Å². The van der Waals surface area contributed by atoms with Crippen molar-refractivity contribution < 1.29 is 0 Å². The first-order valence-electron chi connectivity index (χ1n) is 9.29. The first-order valence-corrected chi connectivity index (χ1v) is 9.67. The Morgan fingerprint density at radius 1 is 1.00 bits per heavy atom. The summed E-state index contributed by atoms with van der Waals surface area (Å²) in [7, 11) is 4.30. The first kappa shape index (κ1) is 17.1. The van der Waals surface area contributed by atoms with Crippen molar-refractivity contribution in [2.75, 3.05) is 27.2 Å². The van der Waals surface area contributed by atoms with Crippen LogP contribution in [0.4, 0.5) is 0 Å². The highest BCUT2D eigenvalue weighted by Crippen LogP contribution is 2.64. The van der Waals surface area contributed by atoms with E-state index in [1.54, 1.807) is 0 Å². The Bertz CT molecular complexity index is 815. The molecule has 2 bridgehead atoms. The lowest BCUT2D eigenvalue weighted by atomic mass is 9.72. The third-order valence-corrected chi connectivity index (χ3v) is 6.58. The minimum absolute atomic E-state index is 0.0163. The van der Waals surface area contributed by atoms with Gasteiger partial charge < -0.3 is 4.90 Å². The highest BCUT2D eigenvalue weighted by atomic mass is 35.5. The molecular formula is C22H27ClN2. The van der Waals surface area contributed by atoms with Crippen LogP contribution < -0.4 is 0 Å². The van der Waals surface area contributed by atoms with E-state index in [9.17, 15) is 0 Å². The van der Waals surface area contributed by atoms with Gasteiger partial charge in [-0.25, -0.2) is 0 Å². The van der Waals surface area contributed by atoms with E-state index >= 15 is 0 Å². The van der Waals surface area contributed by atoms with Gasteiger partial charge >= 0.3 is 0 Å². The molecule has 25 heavy (non-hydrogen) atoms. The van der Waals surface area contributed by atoms with Gasteiger partial charge in [-0.3, -0.25) is 4.90 Å². The van der Waals surface area contributed by atoms with E-state index in [-0.39, 0.29) is 11.1 Å². The van der Waals surface area contributed by atoms with Gasteiger partial charge in [0.1, 0.15) is 0 Å². The van der Waals surface area contributed by atoms with Gasteiger partial charge in [-0.1, -0.05) is 48.9 Å². The van der Waals surface area contributed by atoms with Gasteiger partial charge in [0.15, 0.2) is 0 Å². The zero-order valence-corrected chi connectivity index (χ0v) is 16.4. The average Bonchev–Trinajstić information content (AvgIpc) is 2.94. The summed E-state index contributed by atoms with van der Waals surface area (Å²) >= 11 is 6.41. The second-order valence-electron chi connectivity index (χ2n) is 7.83. The standard InChI is InChI=1S/C22H27ClN2/c1-5-22-18-10-7-6-9-17(18)21(2,25(22)14-8-13-24(3)4)20-15-16(23)11-12-19(20)22/h6-7,9-12,15H,5,8,13-14H2,1-4H3. The summed E-state index contributed by atoms with van der Waals surface area (Å²) in [6, 6.07) is 15.5. The molecule has 2 aromatic carbocycles. The Balaban J connectivity index is 1.90. The maximum atomic E-state index is 6.41. The van der Waals surface area contributed by atoms with Crippen molar-refractivity contribution in [3.8, 4) is 0 Å². The summed E-state index contributed by atoms with van der Waals surface area (Å²) in [5.41, 5.74) is 5.68. The van der Waals surface area contributed by atoms with Gasteiger partial charge in [0, 0.05) is 11.6 Å². The van der Waals surface area contributed by atoms with Gasteiger partial charge in [0.2, 0.25) is 0 Å². The lowest BCUT2D eigenvalue weighted by molar-refractivity contribution is 0.0784. The summed E-state index contributed by atoms with van der Waals surface area (Å²) in [5.74, 6) is 0. The lowest BCUT2D eigenvalue weighted by Crippen LogP contribution is -2.45. The molecule has 2 nitrogen and oxygen atoms in total. The Hall–Kier alpha value is -1.35. The van der Waals surface area contributed by atoms with E-state index < -0.39 is 0 Å². The molecule has 2 aromatic rings. The molecule has 2 aliphatic heterocycles. The number of fused-ring (bicyclic) bond motifs is 8. The van der Waals surface area contributed by atoms with Crippen molar-refractivity contribution in [1.82, 2.24) is 9.80 Å². The van der Waals surface area contributed by atoms with Gasteiger partial charge in [-0.2, -0.15) is 0 Å². The van der Waals surface area contributed by atoms with Gasteiger partial charge in [-0.05, 0) is 74.8 Å². The number of rotatable bonds is 5. The monoisotopic (exact) mass is 354 g/mol. The van der Waals surface area contributed by atoms with E-state index in [1.165, 1.54) is 28.7 Å². The summed E-state index contributed by atoms with van der Waals surface area (Å²) in [6.07, 6.45) is 2.25. The molecule has 0 fully saturated rings. The molecule has 0 saturated heterocycles. The Morgan fingerprint density at radius 3 is 2.36 bits per heavy atom. The van der Waals surface area contributed by atoms with Crippen LogP contribution >= 0.6 is 11.6 Å². The molecule has 2 atom stereocenters. The zero-order valence-electron chi connectivity index (χ0n) is 15.6. The van der Waals surface area contributed by atoms with Crippen LogP contribution in [0.1, 0.15) is 48.9 Å². The predicted octanol–water partition coefficient (Wildman–Crippen LogP) is 4.84. The molecule has 132 valence electrons. The molecule has 0 aliphatic carbocycles. The van der Waals surface area contributed by atoms with Crippen molar-refractivity contribution in [3.63, 3.8) is 0 Å². The summed E-state index contributed by atoms with van der Waals surface area (Å²) < 4.78 is 0. The number of benzene rings is 2. The maximum Gasteiger partial charge on any atom is 0.0729 e. The van der Waals surface area contributed by atoms with Crippen molar-refractivity contribution in [2.45, 2.75) is 37.8 Å². The average molecular weight is 355 g/mol. The molecule has 0 N–H and O–H groups in total. The van der Waals surface area contributed by atoms with Crippen LogP contribution in [0.5, 0.6) is 0 Å². The van der Waals surface area contributed by atoms with Crippen molar-refractivity contribution in [1.29, 1.82) is 0 Å². The van der Waals surface area contributed by atoms with E-state index in [1.807, 2.05) is 0 Å². The minimum Gasteiger partial charge on any atom is -0.309 e. The predicted molar refractivity (Wildman–Crippen MR) is 105 cm³/mol. The molecule has 2 unspecified atom stereocenters. The Labute approximate surface area is 156 Å². The molecular weight excluding hydrogens is 328 g/mol. The Morgan fingerprint density at radius 2 is 1.68 bits per heavy atom. The first-order chi connectivity index (χ1) is 12.0. The van der Waals surface area contributed by atoms with Crippen molar-refractivity contribution in [3.05, 3.63) is 69.7 Å². The molecule has 2 aliphatic rings. The number of hydrogen-bond acceptors (Lipinski definition) is 2. The molecule has 0 amide bonds.